The van der Waals surface area contributed by atoms with Gasteiger partial charge in [0.25, 0.3) is 0 Å². The third-order valence-electron chi connectivity index (χ3n) is 6.07. The van der Waals surface area contributed by atoms with E-state index in [2.05, 4.69) is 9.97 Å². The number of fused-ring (bicyclic) bond motifs is 1. The molecule has 3 heterocycles. The highest BCUT2D eigenvalue weighted by Crippen LogP contribution is 2.33. The average molecular weight is 488 g/mol. The van der Waals surface area contributed by atoms with E-state index in [-0.39, 0.29) is 35.8 Å². The molecule has 7 nitrogen and oxygen atoms in total. The lowest BCUT2D eigenvalue weighted by Crippen LogP contribution is -2.27. The van der Waals surface area contributed by atoms with Crippen LogP contribution in [0.3, 0.4) is 0 Å². The summed E-state index contributed by atoms with van der Waals surface area (Å²) in [6, 6.07) is 17.8. The predicted molar refractivity (Wildman–Crippen MR) is 133 cm³/mol. The van der Waals surface area contributed by atoms with Gasteiger partial charge in [0.05, 0.1) is 13.2 Å². The smallest absolute Gasteiger partial charge is 0.361 e. The zero-order valence-electron chi connectivity index (χ0n) is 19.7. The Hall–Kier alpha value is -4.04. The van der Waals surface area contributed by atoms with Crippen LogP contribution in [0.25, 0.3) is 10.9 Å². The summed E-state index contributed by atoms with van der Waals surface area (Å²) in [6.07, 6.45) is 3.24. The molecule has 2 aromatic carbocycles. The molecule has 0 spiro atoms. The fourth-order valence-electron chi connectivity index (χ4n) is 4.17. The number of hydrogen-bond donors (Lipinski definition) is 1. The van der Waals surface area contributed by atoms with Gasteiger partial charge in [-0.15, -0.1) is 0 Å². The number of halogens is 1. The van der Waals surface area contributed by atoms with Crippen LogP contribution in [0.5, 0.6) is 5.75 Å². The van der Waals surface area contributed by atoms with E-state index in [1.807, 2.05) is 36.4 Å². The average Bonchev–Trinajstić information content (AvgIpc) is 2.90. The number of hydrogen-bond acceptors (Lipinski definition) is 7. The van der Waals surface area contributed by atoms with Gasteiger partial charge in [-0.25, -0.2) is 14.2 Å². The molecule has 184 valence electrons. The van der Waals surface area contributed by atoms with E-state index >= 15 is 0 Å². The highest BCUT2D eigenvalue weighted by molar-refractivity contribution is 6.01. The summed E-state index contributed by atoms with van der Waals surface area (Å²) in [7, 11) is 0. The Bertz CT molecular complexity index is 1360. The Balaban J connectivity index is 1.50. The zero-order chi connectivity index (χ0) is 24.9. The first-order valence-corrected chi connectivity index (χ1v) is 11.8. The lowest BCUT2D eigenvalue weighted by Gasteiger charge is -2.22. The molecule has 0 unspecified atom stereocenters. The van der Waals surface area contributed by atoms with Gasteiger partial charge >= 0.3 is 5.97 Å². The van der Waals surface area contributed by atoms with Crippen molar-refractivity contribution in [3.63, 3.8) is 0 Å². The third kappa shape index (κ3) is 5.44. The maximum absolute atomic E-state index is 13.3. The molecular formula is C28H26FN3O4. The molecule has 0 radical (unpaired) electrons. The van der Waals surface area contributed by atoms with Crippen LogP contribution in [-0.2, 0) is 22.5 Å². The van der Waals surface area contributed by atoms with Gasteiger partial charge in [0.1, 0.15) is 29.9 Å². The van der Waals surface area contributed by atoms with Crippen LogP contribution < -0.4 is 10.5 Å². The topological polar surface area (TPSA) is 96.6 Å². The van der Waals surface area contributed by atoms with Gasteiger partial charge in [-0.3, -0.25) is 4.98 Å². The highest BCUT2D eigenvalue weighted by Gasteiger charge is 2.26. The maximum Gasteiger partial charge on any atom is 0.361 e. The van der Waals surface area contributed by atoms with E-state index < -0.39 is 5.97 Å². The van der Waals surface area contributed by atoms with Gasteiger partial charge in [-0.1, -0.05) is 42.5 Å². The van der Waals surface area contributed by atoms with Crippen LogP contribution >= 0.6 is 0 Å². The minimum Gasteiger partial charge on any atom is -0.484 e. The van der Waals surface area contributed by atoms with Crippen LogP contribution in [0.15, 0.2) is 66.9 Å². The fourth-order valence-corrected chi connectivity index (χ4v) is 4.17. The number of carbonyl (C=O) groups is 1. The van der Waals surface area contributed by atoms with Crippen molar-refractivity contribution < 1.29 is 23.4 Å². The SMILES string of the molecule is Nc1nc(C(=O)OC2CCOCC2)c(OCc2ccccc2)c2ncc(Cc3ccc(F)cc3)cc12. The van der Waals surface area contributed by atoms with Gasteiger partial charge in [-0.2, -0.15) is 0 Å². The van der Waals surface area contributed by atoms with Crippen LogP contribution in [0, 0.1) is 5.82 Å². The number of benzene rings is 2. The van der Waals surface area contributed by atoms with Crippen LogP contribution in [0.4, 0.5) is 10.2 Å². The van der Waals surface area contributed by atoms with Crippen molar-refractivity contribution in [3.05, 3.63) is 95.1 Å². The van der Waals surface area contributed by atoms with Crippen molar-refractivity contribution in [2.45, 2.75) is 32.0 Å². The molecule has 0 atom stereocenters. The summed E-state index contributed by atoms with van der Waals surface area (Å²) in [4.78, 5) is 22.2. The zero-order valence-corrected chi connectivity index (χ0v) is 19.7. The largest absolute Gasteiger partial charge is 0.484 e. The molecule has 2 N–H and O–H groups in total. The number of anilines is 1. The number of esters is 1. The Kier molecular flexibility index (Phi) is 7.04. The number of carbonyl (C=O) groups excluding carboxylic acids is 1. The minimum absolute atomic E-state index is 0.00112. The lowest BCUT2D eigenvalue weighted by molar-refractivity contribution is -0.0165. The molecule has 0 bridgehead atoms. The summed E-state index contributed by atoms with van der Waals surface area (Å²) in [5.41, 5.74) is 9.47. The van der Waals surface area contributed by atoms with Gasteiger partial charge in [0, 0.05) is 24.4 Å². The number of rotatable bonds is 7. The van der Waals surface area contributed by atoms with Gasteiger partial charge in [0.15, 0.2) is 11.4 Å². The van der Waals surface area contributed by atoms with E-state index in [0.717, 1.165) is 16.7 Å². The number of ether oxygens (including phenoxy) is 3. The van der Waals surface area contributed by atoms with E-state index in [1.165, 1.54) is 12.1 Å². The molecule has 1 fully saturated rings. The van der Waals surface area contributed by atoms with E-state index in [1.54, 1.807) is 18.3 Å². The molecule has 5 rings (SSSR count). The van der Waals surface area contributed by atoms with Crippen LogP contribution in [-0.4, -0.2) is 35.3 Å². The molecule has 4 aromatic rings. The summed E-state index contributed by atoms with van der Waals surface area (Å²) in [6.45, 7) is 1.31. The Labute approximate surface area is 208 Å². The molecule has 36 heavy (non-hydrogen) atoms. The van der Waals surface area contributed by atoms with Gasteiger partial charge in [0.2, 0.25) is 0 Å². The molecule has 1 saturated heterocycles. The van der Waals surface area contributed by atoms with Crippen molar-refractivity contribution in [2.75, 3.05) is 18.9 Å². The molecular weight excluding hydrogens is 461 g/mol. The summed E-state index contributed by atoms with van der Waals surface area (Å²) in [5.74, 6) is -0.502. The fraction of sp³-hybridized carbons (Fsp3) is 0.250. The molecule has 0 aliphatic carbocycles. The first kappa shape index (κ1) is 23.7. The third-order valence-corrected chi connectivity index (χ3v) is 6.07. The van der Waals surface area contributed by atoms with Crippen LogP contribution in [0.2, 0.25) is 0 Å². The molecule has 2 aromatic heterocycles. The van der Waals surface area contributed by atoms with E-state index in [9.17, 15) is 9.18 Å². The molecule has 8 heteroatoms. The highest BCUT2D eigenvalue weighted by atomic mass is 19.1. The van der Waals surface area contributed by atoms with Gasteiger partial charge < -0.3 is 19.9 Å². The Morgan fingerprint density at radius 3 is 2.53 bits per heavy atom. The summed E-state index contributed by atoms with van der Waals surface area (Å²) in [5, 5.41) is 0.570. The number of aromatic nitrogens is 2. The number of nitrogens with zero attached hydrogens (tertiary/aromatic N) is 2. The molecule has 1 aliphatic heterocycles. The normalized spacial score (nSPS) is 14.0. The van der Waals surface area contributed by atoms with Crippen molar-refractivity contribution in [2.24, 2.45) is 0 Å². The van der Waals surface area contributed by atoms with E-state index in [4.69, 9.17) is 19.9 Å². The second-order valence-corrected chi connectivity index (χ2v) is 8.71. The maximum atomic E-state index is 13.3. The second-order valence-electron chi connectivity index (χ2n) is 8.71. The standard InChI is InChI=1S/C28H26FN3O4/c29-21-8-6-18(7-9-21)14-20-15-23-24(31-16-20)26(35-17-19-4-2-1-3-5-19)25(32-27(23)30)28(33)36-22-10-12-34-13-11-22/h1-9,15-16,22H,10-14,17H2,(H2,30,32). The van der Waals surface area contributed by atoms with Crippen molar-refractivity contribution >= 4 is 22.7 Å². The van der Waals surface area contributed by atoms with Crippen LogP contribution in [0.1, 0.15) is 40.0 Å². The molecule has 0 amide bonds. The number of nitrogen functional groups attached to an aromatic ring is 1. The monoisotopic (exact) mass is 487 g/mol. The molecule has 1 aliphatic rings. The van der Waals surface area contributed by atoms with Gasteiger partial charge in [-0.05, 0) is 41.3 Å². The van der Waals surface area contributed by atoms with E-state index in [0.29, 0.717) is 43.4 Å². The van der Waals surface area contributed by atoms with Crippen molar-refractivity contribution in [1.82, 2.24) is 9.97 Å². The molecule has 0 saturated carbocycles. The first-order chi connectivity index (χ1) is 17.6. The minimum atomic E-state index is -0.601. The summed E-state index contributed by atoms with van der Waals surface area (Å²) >= 11 is 0. The number of pyridine rings is 2. The Morgan fingerprint density at radius 2 is 1.78 bits per heavy atom. The summed E-state index contributed by atoms with van der Waals surface area (Å²) < 4.78 is 30.5. The first-order valence-electron chi connectivity index (χ1n) is 11.8. The lowest BCUT2D eigenvalue weighted by atomic mass is 10.0. The predicted octanol–water partition coefficient (Wildman–Crippen LogP) is 4.86. The second kappa shape index (κ2) is 10.7. The van der Waals surface area contributed by atoms with Crippen molar-refractivity contribution in [1.29, 1.82) is 0 Å². The van der Waals surface area contributed by atoms with Crippen molar-refractivity contribution in [3.8, 4) is 5.75 Å². The quantitative estimate of drug-likeness (QED) is 0.372. The number of nitrogens with two attached hydrogens (primary N) is 1. The Morgan fingerprint density at radius 1 is 1.03 bits per heavy atom.